The van der Waals surface area contributed by atoms with Crippen molar-refractivity contribution < 1.29 is 17.9 Å². The third-order valence-corrected chi connectivity index (χ3v) is 3.36. The lowest BCUT2D eigenvalue weighted by Gasteiger charge is -2.23. The minimum atomic E-state index is -4.65. The molecule has 0 aromatic heterocycles. The number of hydrogen-bond donors (Lipinski definition) is 1. The lowest BCUT2D eigenvalue weighted by atomic mass is 9.80. The van der Waals surface area contributed by atoms with Gasteiger partial charge in [-0.3, -0.25) is 0 Å². The van der Waals surface area contributed by atoms with Gasteiger partial charge in [-0.2, -0.15) is 0 Å². The van der Waals surface area contributed by atoms with Crippen molar-refractivity contribution in [2.75, 3.05) is 11.9 Å². The van der Waals surface area contributed by atoms with Crippen LogP contribution >= 0.6 is 0 Å². The van der Waals surface area contributed by atoms with Crippen LogP contribution in [0.1, 0.15) is 32.3 Å². The number of halogens is 3. The summed E-state index contributed by atoms with van der Waals surface area (Å²) < 4.78 is 41.0. The summed E-state index contributed by atoms with van der Waals surface area (Å²) in [5, 5.41) is 3.04. The largest absolute Gasteiger partial charge is 0.573 e. The highest BCUT2D eigenvalue weighted by Gasteiger charge is 2.38. The molecule has 1 N–H and O–H groups in total. The van der Waals surface area contributed by atoms with Crippen LogP contribution in [-0.4, -0.2) is 12.9 Å². The van der Waals surface area contributed by atoms with Gasteiger partial charge in [0.25, 0.3) is 0 Å². The minimum absolute atomic E-state index is 0.116. The number of nitrogens with one attached hydrogen (secondary N) is 1. The second-order valence-corrected chi connectivity index (χ2v) is 4.89. The molecular weight excluding hydrogens is 243 g/mol. The quantitative estimate of drug-likeness (QED) is 0.883. The van der Waals surface area contributed by atoms with Crippen LogP contribution < -0.4 is 10.1 Å². The molecule has 1 aromatic rings. The molecule has 2 nitrogen and oxygen atoms in total. The van der Waals surface area contributed by atoms with Crippen molar-refractivity contribution >= 4 is 5.69 Å². The molecule has 0 saturated heterocycles. The predicted octanol–water partition coefficient (Wildman–Crippen LogP) is 4.07. The maximum Gasteiger partial charge on any atom is 0.573 e. The van der Waals surface area contributed by atoms with Crippen LogP contribution in [0.5, 0.6) is 5.75 Å². The summed E-state index contributed by atoms with van der Waals surface area (Å²) in [4.78, 5) is 0. The maximum absolute atomic E-state index is 12.3. The Morgan fingerprint density at radius 3 is 2.72 bits per heavy atom. The highest BCUT2D eigenvalue weighted by molar-refractivity contribution is 5.68. The van der Waals surface area contributed by atoms with Crippen LogP contribution in [-0.2, 0) is 5.41 Å². The van der Waals surface area contributed by atoms with Crippen LogP contribution in [0.4, 0.5) is 18.9 Å². The Hall–Kier alpha value is -1.39. The Balaban J connectivity index is 2.36. The van der Waals surface area contributed by atoms with E-state index < -0.39 is 6.36 Å². The number of rotatable bonds is 3. The van der Waals surface area contributed by atoms with Gasteiger partial charge in [-0.1, -0.05) is 32.4 Å². The second-order valence-electron chi connectivity index (χ2n) is 4.89. The Labute approximate surface area is 104 Å². The van der Waals surface area contributed by atoms with Crippen molar-refractivity contribution in [3.8, 4) is 5.75 Å². The number of ether oxygens (including phenoxy) is 1. The average molecular weight is 259 g/mol. The van der Waals surface area contributed by atoms with Gasteiger partial charge in [0.15, 0.2) is 5.75 Å². The lowest BCUT2D eigenvalue weighted by Crippen LogP contribution is -2.23. The van der Waals surface area contributed by atoms with E-state index in [1.807, 2.05) is 6.07 Å². The van der Waals surface area contributed by atoms with Gasteiger partial charge in [-0.05, 0) is 18.1 Å². The Bertz CT molecular complexity index is 444. The van der Waals surface area contributed by atoms with E-state index in [4.69, 9.17) is 0 Å². The van der Waals surface area contributed by atoms with E-state index in [9.17, 15) is 13.2 Å². The topological polar surface area (TPSA) is 21.3 Å². The molecule has 0 aliphatic carbocycles. The summed E-state index contributed by atoms with van der Waals surface area (Å²) >= 11 is 0. The summed E-state index contributed by atoms with van der Waals surface area (Å²) in [6.45, 7) is 4.78. The Morgan fingerprint density at radius 1 is 1.39 bits per heavy atom. The monoisotopic (exact) mass is 259 g/mol. The molecule has 1 heterocycles. The standard InChI is InChI=1S/C13H16F3NO/c1-3-7-12(2)8-17-11-9(12)5-4-6-10(11)18-13(14,15)16/h4-6,17H,3,7-8H2,1-2H3. The van der Waals surface area contributed by atoms with Crippen molar-refractivity contribution in [3.05, 3.63) is 23.8 Å². The molecule has 1 aliphatic rings. The minimum Gasteiger partial charge on any atom is -0.404 e. The van der Waals surface area contributed by atoms with Gasteiger partial charge in [0.2, 0.25) is 0 Å². The first kappa shape index (κ1) is 13.1. The van der Waals surface area contributed by atoms with Gasteiger partial charge in [-0.25, -0.2) is 0 Å². The molecule has 1 aromatic carbocycles. The number of hydrogen-bond acceptors (Lipinski definition) is 2. The molecule has 5 heteroatoms. The lowest BCUT2D eigenvalue weighted by molar-refractivity contribution is -0.274. The van der Waals surface area contributed by atoms with Crippen LogP contribution in [0.25, 0.3) is 0 Å². The third-order valence-electron chi connectivity index (χ3n) is 3.36. The van der Waals surface area contributed by atoms with Crippen molar-refractivity contribution in [1.82, 2.24) is 0 Å². The molecule has 2 rings (SSSR count). The third kappa shape index (κ3) is 2.40. The summed E-state index contributed by atoms with van der Waals surface area (Å²) in [5.74, 6) is -0.139. The number of benzene rings is 1. The fourth-order valence-corrected chi connectivity index (χ4v) is 2.58. The smallest absolute Gasteiger partial charge is 0.404 e. The molecule has 0 bridgehead atoms. The molecular formula is C13H16F3NO. The molecule has 0 radical (unpaired) electrons. The van der Waals surface area contributed by atoms with Crippen molar-refractivity contribution in [3.63, 3.8) is 0 Å². The zero-order chi connectivity index (χ0) is 13.4. The molecule has 1 unspecified atom stereocenters. The molecule has 1 atom stereocenters. The average Bonchev–Trinajstić information content (AvgIpc) is 2.56. The zero-order valence-electron chi connectivity index (χ0n) is 10.4. The number of fused-ring (bicyclic) bond motifs is 1. The van der Waals surface area contributed by atoms with E-state index in [1.165, 1.54) is 6.07 Å². The van der Waals surface area contributed by atoms with Crippen LogP contribution in [0.15, 0.2) is 18.2 Å². The number of anilines is 1. The van der Waals surface area contributed by atoms with Crippen molar-refractivity contribution in [2.45, 2.75) is 38.5 Å². The van der Waals surface area contributed by atoms with Gasteiger partial charge >= 0.3 is 6.36 Å². The SMILES string of the molecule is CCCC1(C)CNc2c(OC(F)(F)F)cccc21. The fraction of sp³-hybridized carbons (Fsp3) is 0.538. The fourth-order valence-electron chi connectivity index (χ4n) is 2.58. The molecule has 1 aliphatic heterocycles. The summed E-state index contributed by atoms with van der Waals surface area (Å²) in [6, 6.07) is 4.83. The van der Waals surface area contributed by atoms with Gasteiger partial charge in [0.1, 0.15) is 0 Å². The number of para-hydroxylation sites is 1. The Kier molecular flexibility index (Phi) is 3.17. The van der Waals surface area contributed by atoms with Crippen LogP contribution in [0.2, 0.25) is 0 Å². The normalized spacial score (nSPS) is 22.5. The molecule has 100 valence electrons. The molecule has 0 saturated carbocycles. The van der Waals surface area contributed by atoms with Crippen molar-refractivity contribution in [1.29, 1.82) is 0 Å². The first-order chi connectivity index (χ1) is 8.36. The van der Waals surface area contributed by atoms with Gasteiger partial charge in [-0.15, -0.1) is 13.2 Å². The zero-order valence-corrected chi connectivity index (χ0v) is 10.4. The summed E-state index contributed by atoms with van der Waals surface area (Å²) in [5.41, 5.74) is 1.27. The van der Waals surface area contributed by atoms with E-state index in [0.29, 0.717) is 12.2 Å². The summed E-state index contributed by atoms with van der Waals surface area (Å²) in [6.07, 6.45) is -2.73. The predicted molar refractivity (Wildman–Crippen MR) is 63.9 cm³/mol. The first-order valence-electron chi connectivity index (χ1n) is 5.99. The van der Waals surface area contributed by atoms with E-state index in [2.05, 4.69) is 23.9 Å². The summed E-state index contributed by atoms with van der Waals surface area (Å²) in [7, 11) is 0. The molecule has 0 amide bonds. The molecule has 0 spiro atoms. The first-order valence-corrected chi connectivity index (χ1v) is 5.99. The highest BCUT2D eigenvalue weighted by Crippen LogP contribution is 2.45. The van der Waals surface area contributed by atoms with E-state index in [-0.39, 0.29) is 11.2 Å². The maximum atomic E-state index is 12.3. The van der Waals surface area contributed by atoms with Crippen molar-refractivity contribution in [2.24, 2.45) is 0 Å². The van der Waals surface area contributed by atoms with Gasteiger partial charge in [0.05, 0.1) is 5.69 Å². The van der Waals surface area contributed by atoms with Gasteiger partial charge in [0, 0.05) is 12.0 Å². The van der Waals surface area contributed by atoms with E-state index in [1.54, 1.807) is 6.07 Å². The van der Waals surface area contributed by atoms with Crippen LogP contribution in [0, 0.1) is 0 Å². The van der Waals surface area contributed by atoms with Crippen LogP contribution in [0.3, 0.4) is 0 Å². The van der Waals surface area contributed by atoms with Gasteiger partial charge < -0.3 is 10.1 Å². The number of alkyl halides is 3. The molecule has 18 heavy (non-hydrogen) atoms. The van der Waals surface area contributed by atoms with E-state index >= 15 is 0 Å². The molecule has 0 fully saturated rings. The Morgan fingerprint density at radius 2 is 2.11 bits per heavy atom. The second kappa shape index (κ2) is 4.37. The highest BCUT2D eigenvalue weighted by atomic mass is 19.4. The van der Waals surface area contributed by atoms with E-state index in [0.717, 1.165) is 18.4 Å².